The van der Waals surface area contributed by atoms with Crippen molar-refractivity contribution < 1.29 is 13.2 Å². The van der Waals surface area contributed by atoms with Gasteiger partial charge in [0.1, 0.15) is 0 Å². The van der Waals surface area contributed by atoms with Gasteiger partial charge in [0.15, 0.2) is 9.84 Å². The van der Waals surface area contributed by atoms with Crippen LogP contribution < -0.4 is 0 Å². The van der Waals surface area contributed by atoms with Gasteiger partial charge in [-0.2, -0.15) is 5.26 Å². The summed E-state index contributed by atoms with van der Waals surface area (Å²) in [5.41, 5.74) is 0.365. The Kier molecular flexibility index (Phi) is 4.99. The minimum absolute atomic E-state index is 0.0545. The molecule has 5 nitrogen and oxygen atoms in total. The third-order valence-electron chi connectivity index (χ3n) is 3.71. The van der Waals surface area contributed by atoms with Gasteiger partial charge < -0.3 is 4.74 Å². The van der Waals surface area contributed by atoms with Crippen LogP contribution in [0.5, 0.6) is 0 Å². The predicted molar refractivity (Wildman–Crippen MR) is 79.7 cm³/mol. The highest BCUT2D eigenvalue weighted by molar-refractivity contribution is 7.91. The Bertz CT molecular complexity index is 637. The largest absolute Gasteiger partial charge is 0.376 e. The zero-order chi connectivity index (χ0) is 15.5. The third kappa shape index (κ3) is 4.03. The van der Waals surface area contributed by atoms with Crippen molar-refractivity contribution in [1.82, 2.24) is 4.90 Å². The van der Waals surface area contributed by atoms with E-state index in [2.05, 4.69) is 4.90 Å². The molecule has 1 fully saturated rings. The van der Waals surface area contributed by atoms with Gasteiger partial charge >= 0.3 is 0 Å². The number of hydrogen-bond donors (Lipinski definition) is 0. The molecule has 1 aromatic rings. The Morgan fingerprint density at radius 1 is 1.43 bits per heavy atom. The fraction of sp³-hybridized carbons (Fsp3) is 0.533. The van der Waals surface area contributed by atoms with Crippen molar-refractivity contribution in [2.24, 2.45) is 0 Å². The van der Waals surface area contributed by atoms with E-state index in [1.165, 1.54) is 6.07 Å². The van der Waals surface area contributed by atoms with Gasteiger partial charge in [0.25, 0.3) is 0 Å². The van der Waals surface area contributed by atoms with Crippen molar-refractivity contribution in [3.05, 3.63) is 29.8 Å². The highest BCUT2D eigenvalue weighted by Gasteiger charge is 2.25. The Balaban J connectivity index is 2.05. The van der Waals surface area contributed by atoms with E-state index >= 15 is 0 Å². The fourth-order valence-electron chi connectivity index (χ4n) is 2.40. The van der Waals surface area contributed by atoms with E-state index < -0.39 is 9.84 Å². The van der Waals surface area contributed by atoms with Crippen molar-refractivity contribution in [2.45, 2.75) is 30.9 Å². The Morgan fingerprint density at radius 2 is 2.19 bits per heavy atom. The topological polar surface area (TPSA) is 70.4 Å². The quantitative estimate of drug-likeness (QED) is 0.842. The minimum Gasteiger partial charge on any atom is -0.376 e. The molecule has 21 heavy (non-hydrogen) atoms. The lowest BCUT2D eigenvalue weighted by Gasteiger charge is -2.36. The summed E-state index contributed by atoms with van der Waals surface area (Å²) in [7, 11) is -3.37. The molecule has 6 heteroatoms. The molecule has 0 amide bonds. The molecular formula is C15H20N2O3S. The molecule has 0 radical (unpaired) electrons. The summed E-state index contributed by atoms with van der Waals surface area (Å²) in [6.45, 7) is 5.88. The average Bonchev–Trinajstić information content (AvgIpc) is 2.48. The fourth-order valence-corrected chi connectivity index (χ4v) is 3.70. The molecule has 0 aromatic heterocycles. The van der Waals surface area contributed by atoms with Crippen molar-refractivity contribution in [1.29, 1.82) is 5.26 Å². The maximum atomic E-state index is 12.4. The summed E-state index contributed by atoms with van der Waals surface area (Å²) in [6, 6.07) is 8.37. The average molecular weight is 308 g/mol. The zero-order valence-electron chi connectivity index (χ0n) is 12.3. The first-order chi connectivity index (χ1) is 9.92. The monoisotopic (exact) mass is 308 g/mol. The summed E-state index contributed by atoms with van der Waals surface area (Å²) >= 11 is 0. The second-order valence-electron chi connectivity index (χ2n) is 5.45. The van der Waals surface area contributed by atoms with Crippen LogP contribution in [0.25, 0.3) is 0 Å². The molecule has 1 saturated heterocycles. The molecule has 0 bridgehead atoms. The molecule has 0 saturated carbocycles. The lowest BCUT2D eigenvalue weighted by molar-refractivity contribution is -0.0469. The van der Waals surface area contributed by atoms with Gasteiger partial charge in [-0.15, -0.1) is 0 Å². The molecule has 1 aliphatic rings. The van der Waals surface area contributed by atoms with Crippen LogP contribution in [0.4, 0.5) is 0 Å². The number of hydrogen-bond acceptors (Lipinski definition) is 5. The van der Waals surface area contributed by atoms with E-state index in [9.17, 15) is 8.42 Å². The van der Waals surface area contributed by atoms with Crippen molar-refractivity contribution in [2.75, 3.05) is 25.4 Å². The van der Waals surface area contributed by atoms with Gasteiger partial charge in [0, 0.05) is 19.1 Å². The third-order valence-corrected chi connectivity index (χ3v) is 5.40. The number of nitrogens with zero attached hydrogens (tertiary/aromatic N) is 2. The van der Waals surface area contributed by atoms with Crippen LogP contribution in [0.15, 0.2) is 29.2 Å². The number of rotatable bonds is 4. The summed E-state index contributed by atoms with van der Waals surface area (Å²) in [4.78, 5) is 2.36. The Labute approximate surface area is 126 Å². The lowest BCUT2D eigenvalue weighted by Crippen LogP contribution is -2.48. The van der Waals surface area contributed by atoms with E-state index in [4.69, 9.17) is 10.00 Å². The molecule has 1 heterocycles. The highest BCUT2D eigenvalue weighted by atomic mass is 32.2. The molecule has 0 spiro atoms. The number of sulfone groups is 1. The van der Waals surface area contributed by atoms with E-state index in [0.29, 0.717) is 18.7 Å². The Morgan fingerprint density at radius 3 is 2.90 bits per heavy atom. The zero-order valence-corrected chi connectivity index (χ0v) is 13.1. The molecule has 1 aromatic carbocycles. The van der Waals surface area contributed by atoms with Gasteiger partial charge in [-0.3, -0.25) is 4.90 Å². The van der Waals surface area contributed by atoms with Crippen LogP contribution in [-0.2, 0) is 14.6 Å². The first-order valence-corrected chi connectivity index (χ1v) is 8.66. The van der Waals surface area contributed by atoms with Gasteiger partial charge in [0.05, 0.1) is 35.0 Å². The number of nitriles is 1. The van der Waals surface area contributed by atoms with Crippen molar-refractivity contribution in [3.8, 4) is 6.07 Å². The summed E-state index contributed by atoms with van der Waals surface area (Å²) in [5.74, 6) is 0.0545. The van der Waals surface area contributed by atoms with Gasteiger partial charge in [0.2, 0.25) is 0 Å². The number of morpholine rings is 1. The predicted octanol–water partition coefficient (Wildman–Crippen LogP) is 1.44. The molecule has 0 unspecified atom stereocenters. The normalized spacial score (nSPS) is 23.7. The minimum atomic E-state index is -3.37. The van der Waals surface area contributed by atoms with E-state index in [0.717, 1.165) is 6.54 Å². The molecule has 114 valence electrons. The molecule has 0 aliphatic carbocycles. The van der Waals surface area contributed by atoms with E-state index in [-0.39, 0.29) is 22.8 Å². The molecule has 1 aliphatic heterocycles. The van der Waals surface area contributed by atoms with Gasteiger partial charge in [-0.25, -0.2) is 8.42 Å². The Hall–Kier alpha value is -1.42. The second kappa shape index (κ2) is 6.56. The van der Waals surface area contributed by atoms with Crippen LogP contribution in [0.3, 0.4) is 0 Å². The lowest BCUT2D eigenvalue weighted by atomic mass is 10.2. The SMILES string of the molecule is C[C@@H]1CN(CCS(=O)(=O)c2cccc(C#N)c2)[C@H](C)CO1. The summed E-state index contributed by atoms with van der Waals surface area (Å²) < 4.78 is 30.3. The summed E-state index contributed by atoms with van der Waals surface area (Å²) in [5, 5.41) is 8.86. The standard InChI is InChI=1S/C15H20N2O3S/c1-12-11-20-13(2)10-17(12)6-7-21(18,19)15-5-3-4-14(8-15)9-16/h3-5,8,12-13H,6-7,10-11H2,1-2H3/t12-,13-/m1/s1. The van der Waals surface area contributed by atoms with Crippen LogP contribution in [0.2, 0.25) is 0 Å². The van der Waals surface area contributed by atoms with Gasteiger partial charge in [-0.05, 0) is 32.0 Å². The molecule has 0 N–H and O–H groups in total. The van der Waals surface area contributed by atoms with E-state index in [1.54, 1.807) is 18.2 Å². The molecule has 2 atom stereocenters. The van der Waals surface area contributed by atoms with Gasteiger partial charge in [-0.1, -0.05) is 6.07 Å². The van der Waals surface area contributed by atoms with Crippen LogP contribution in [-0.4, -0.2) is 50.9 Å². The van der Waals surface area contributed by atoms with Crippen LogP contribution in [0, 0.1) is 11.3 Å². The number of ether oxygens (including phenoxy) is 1. The molecule has 2 rings (SSSR count). The van der Waals surface area contributed by atoms with Crippen LogP contribution >= 0.6 is 0 Å². The maximum Gasteiger partial charge on any atom is 0.179 e. The highest BCUT2D eigenvalue weighted by Crippen LogP contribution is 2.16. The smallest absolute Gasteiger partial charge is 0.179 e. The second-order valence-corrected chi connectivity index (χ2v) is 7.56. The molecular weight excluding hydrogens is 288 g/mol. The van der Waals surface area contributed by atoms with Crippen molar-refractivity contribution in [3.63, 3.8) is 0 Å². The first-order valence-electron chi connectivity index (χ1n) is 7.01. The summed E-state index contributed by atoms with van der Waals surface area (Å²) in [6.07, 6.45) is 0.130. The van der Waals surface area contributed by atoms with Crippen molar-refractivity contribution >= 4 is 9.84 Å². The first kappa shape index (κ1) is 16.0. The maximum absolute atomic E-state index is 12.4. The van der Waals surface area contributed by atoms with E-state index in [1.807, 2.05) is 19.9 Å². The van der Waals surface area contributed by atoms with Crippen LogP contribution in [0.1, 0.15) is 19.4 Å². The number of benzene rings is 1.